The van der Waals surface area contributed by atoms with Crippen molar-refractivity contribution in [3.63, 3.8) is 0 Å². The molecule has 184 valence electrons. The minimum absolute atomic E-state index is 0.0809. The van der Waals surface area contributed by atoms with Gasteiger partial charge in [0.2, 0.25) is 0 Å². The van der Waals surface area contributed by atoms with Crippen LogP contribution in [0.5, 0.6) is 0 Å². The number of aromatic nitrogens is 2. The average molecular weight is 503 g/mol. The van der Waals surface area contributed by atoms with Crippen LogP contribution in [0, 0.1) is 12.8 Å². The van der Waals surface area contributed by atoms with Gasteiger partial charge in [0.25, 0.3) is 5.91 Å². The monoisotopic (exact) mass is 502 g/mol. The minimum atomic E-state index is -4.47. The van der Waals surface area contributed by atoms with Crippen molar-refractivity contribution in [1.29, 1.82) is 0 Å². The van der Waals surface area contributed by atoms with E-state index in [1.54, 1.807) is 30.5 Å². The van der Waals surface area contributed by atoms with E-state index in [0.29, 0.717) is 40.8 Å². The molecule has 0 aliphatic carbocycles. The molecule has 1 aliphatic rings. The number of carbonyl (C=O) groups excluding carboxylic acids is 1. The fraction of sp³-hybridized carbons (Fsp3) is 0.346. The standard InChI is InChI=1S/C26H26ClF3N4O/c1-16-5-8-20(22-9-6-18(13-31-22)26(28,29)30)21(12-16)25(35)34-11-3-4-17(2)23(34)15-33-24-10-7-19(27)14-32-24/h5-10,12-14,17,23H,3-4,11,15H2,1-2H3,(H,32,33). The summed E-state index contributed by atoms with van der Waals surface area (Å²) >= 11 is 5.92. The van der Waals surface area contributed by atoms with Crippen molar-refractivity contribution in [3.05, 3.63) is 76.6 Å². The predicted octanol–water partition coefficient (Wildman–Crippen LogP) is 6.48. The zero-order valence-corrected chi connectivity index (χ0v) is 20.2. The van der Waals surface area contributed by atoms with Crippen LogP contribution >= 0.6 is 11.6 Å². The predicted molar refractivity (Wildman–Crippen MR) is 130 cm³/mol. The molecule has 3 heterocycles. The molecule has 0 bridgehead atoms. The lowest BCUT2D eigenvalue weighted by molar-refractivity contribution is -0.137. The highest BCUT2D eigenvalue weighted by molar-refractivity contribution is 6.30. The van der Waals surface area contributed by atoms with Crippen LogP contribution in [0.4, 0.5) is 19.0 Å². The Morgan fingerprint density at radius 1 is 1.14 bits per heavy atom. The summed E-state index contributed by atoms with van der Waals surface area (Å²) in [7, 11) is 0. The normalized spacial score (nSPS) is 18.4. The van der Waals surface area contributed by atoms with Gasteiger partial charge in [-0.2, -0.15) is 13.2 Å². The lowest BCUT2D eigenvalue weighted by atomic mass is 9.89. The second kappa shape index (κ2) is 10.2. The van der Waals surface area contributed by atoms with Crippen molar-refractivity contribution in [1.82, 2.24) is 14.9 Å². The highest BCUT2D eigenvalue weighted by Crippen LogP contribution is 2.32. The minimum Gasteiger partial charge on any atom is -0.368 e. The number of benzene rings is 1. The quantitative estimate of drug-likeness (QED) is 0.434. The van der Waals surface area contributed by atoms with E-state index in [1.165, 1.54) is 6.07 Å². The lowest BCUT2D eigenvalue weighted by Crippen LogP contribution is -2.51. The van der Waals surface area contributed by atoms with Crippen LogP contribution in [0.2, 0.25) is 5.02 Å². The number of alkyl halides is 3. The molecule has 1 amide bonds. The van der Waals surface area contributed by atoms with Crippen LogP contribution in [-0.4, -0.2) is 39.9 Å². The summed E-state index contributed by atoms with van der Waals surface area (Å²) < 4.78 is 39.0. The molecule has 9 heteroatoms. The summed E-state index contributed by atoms with van der Waals surface area (Å²) in [6.45, 7) is 5.11. The number of pyridine rings is 2. The first-order valence-corrected chi connectivity index (χ1v) is 11.8. The lowest BCUT2D eigenvalue weighted by Gasteiger charge is -2.40. The van der Waals surface area contributed by atoms with Gasteiger partial charge < -0.3 is 10.2 Å². The molecular weight excluding hydrogens is 477 g/mol. The fourth-order valence-electron chi connectivity index (χ4n) is 4.44. The SMILES string of the molecule is Cc1ccc(-c2ccc(C(F)(F)F)cn2)c(C(=O)N2CCCC(C)C2CNc2ccc(Cl)cn2)c1. The van der Waals surface area contributed by atoms with Gasteiger partial charge in [-0.3, -0.25) is 9.78 Å². The molecule has 3 aromatic rings. The summed E-state index contributed by atoms with van der Waals surface area (Å²) in [5, 5.41) is 3.85. The molecule has 5 nitrogen and oxygen atoms in total. The maximum absolute atomic E-state index is 13.8. The van der Waals surface area contributed by atoms with Crippen LogP contribution in [0.1, 0.15) is 41.3 Å². The van der Waals surface area contributed by atoms with E-state index in [4.69, 9.17) is 11.6 Å². The van der Waals surface area contributed by atoms with Gasteiger partial charge in [-0.05, 0) is 56.0 Å². The summed E-state index contributed by atoms with van der Waals surface area (Å²) in [6, 6.07) is 11.1. The van der Waals surface area contributed by atoms with Gasteiger partial charge in [-0.15, -0.1) is 0 Å². The van der Waals surface area contributed by atoms with Crippen LogP contribution in [-0.2, 0) is 6.18 Å². The van der Waals surface area contributed by atoms with Gasteiger partial charge in [-0.25, -0.2) is 4.98 Å². The molecule has 0 saturated carbocycles. The number of piperidine rings is 1. The molecule has 1 N–H and O–H groups in total. The number of likely N-dealkylation sites (tertiary alicyclic amines) is 1. The number of amides is 1. The maximum atomic E-state index is 13.8. The second-order valence-corrected chi connectivity index (χ2v) is 9.34. The Balaban J connectivity index is 1.62. The largest absolute Gasteiger partial charge is 0.417 e. The molecule has 2 atom stereocenters. The molecule has 1 saturated heterocycles. The first kappa shape index (κ1) is 25.0. The van der Waals surface area contributed by atoms with E-state index >= 15 is 0 Å². The van der Waals surface area contributed by atoms with Crippen molar-refractivity contribution < 1.29 is 18.0 Å². The molecule has 2 unspecified atom stereocenters. The average Bonchev–Trinajstić information content (AvgIpc) is 2.83. The third-order valence-electron chi connectivity index (χ3n) is 6.37. The first-order valence-electron chi connectivity index (χ1n) is 11.4. The Kier molecular flexibility index (Phi) is 7.31. The number of hydrogen-bond acceptors (Lipinski definition) is 4. The van der Waals surface area contributed by atoms with Crippen molar-refractivity contribution in [2.24, 2.45) is 5.92 Å². The number of aryl methyl sites for hydroxylation is 1. The highest BCUT2D eigenvalue weighted by Gasteiger charge is 2.34. The third kappa shape index (κ3) is 5.75. The zero-order valence-electron chi connectivity index (χ0n) is 19.4. The molecule has 4 rings (SSSR count). The Morgan fingerprint density at radius 3 is 2.60 bits per heavy atom. The van der Waals surface area contributed by atoms with Crippen molar-refractivity contribution in [2.75, 3.05) is 18.4 Å². The number of carbonyl (C=O) groups is 1. The van der Waals surface area contributed by atoms with E-state index in [2.05, 4.69) is 22.2 Å². The van der Waals surface area contributed by atoms with E-state index in [0.717, 1.165) is 30.7 Å². The zero-order chi connectivity index (χ0) is 25.2. The van der Waals surface area contributed by atoms with Crippen LogP contribution < -0.4 is 5.32 Å². The van der Waals surface area contributed by atoms with E-state index in [-0.39, 0.29) is 17.9 Å². The number of nitrogens with zero attached hydrogens (tertiary/aromatic N) is 3. The summed E-state index contributed by atoms with van der Waals surface area (Å²) in [4.78, 5) is 24.0. The highest BCUT2D eigenvalue weighted by atomic mass is 35.5. The Bertz CT molecular complexity index is 1180. The smallest absolute Gasteiger partial charge is 0.368 e. The van der Waals surface area contributed by atoms with Crippen LogP contribution in [0.15, 0.2) is 54.9 Å². The number of halogens is 4. The van der Waals surface area contributed by atoms with Gasteiger partial charge >= 0.3 is 6.18 Å². The van der Waals surface area contributed by atoms with Gasteiger partial charge in [0.15, 0.2) is 0 Å². The van der Waals surface area contributed by atoms with Gasteiger partial charge in [0.1, 0.15) is 5.82 Å². The Labute approximate surface area is 207 Å². The number of rotatable bonds is 5. The van der Waals surface area contributed by atoms with E-state index in [9.17, 15) is 18.0 Å². The Morgan fingerprint density at radius 2 is 1.94 bits per heavy atom. The maximum Gasteiger partial charge on any atom is 0.417 e. The number of nitrogens with one attached hydrogen (secondary N) is 1. The van der Waals surface area contributed by atoms with E-state index < -0.39 is 11.7 Å². The van der Waals surface area contributed by atoms with Crippen molar-refractivity contribution in [3.8, 4) is 11.3 Å². The molecule has 2 aromatic heterocycles. The van der Waals surface area contributed by atoms with Crippen molar-refractivity contribution in [2.45, 2.75) is 38.9 Å². The summed E-state index contributed by atoms with van der Waals surface area (Å²) in [6.07, 6.45) is -0.237. The van der Waals surface area contributed by atoms with Crippen LogP contribution in [0.3, 0.4) is 0 Å². The number of hydrogen-bond donors (Lipinski definition) is 1. The van der Waals surface area contributed by atoms with Crippen LogP contribution in [0.25, 0.3) is 11.3 Å². The number of anilines is 1. The topological polar surface area (TPSA) is 58.1 Å². The molecule has 35 heavy (non-hydrogen) atoms. The molecule has 1 fully saturated rings. The molecule has 1 aliphatic heterocycles. The Hall–Kier alpha value is -3.13. The van der Waals surface area contributed by atoms with Gasteiger partial charge in [-0.1, -0.05) is 36.2 Å². The summed E-state index contributed by atoms with van der Waals surface area (Å²) in [5.41, 5.74) is 1.33. The summed E-state index contributed by atoms with van der Waals surface area (Å²) in [5.74, 6) is 0.766. The van der Waals surface area contributed by atoms with Gasteiger partial charge in [0, 0.05) is 36.6 Å². The first-order chi connectivity index (χ1) is 16.6. The molecular formula is C26H26ClF3N4O. The second-order valence-electron chi connectivity index (χ2n) is 8.91. The van der Waals surface area contributed by atoms with Gasteiger partial charge in [0.05, 0.1) is 22.3 Å². The third-order valence-corrected chi connectivity index (χ3v) is 6.59. The fourth-order valence-corrected chi connectivity index (χ4v) is 4.55. The van der Waals surface area contributed by atoms with E-state index in [1.807, 2.05) is 17.9 Å². The molecule has 0 radical (unpaired) electrons. The molecule has 1 aromatic carbocycles. The molecule has 0 spiro atoms. The van der Waals surface area contributed by atoms with Crippen molar-refractivity contribution >= 4 is 23.3 Å².